The highest BCUT2D eigenvalue weighted by Gasteiger charge is 2.23. The number of nitrogens with zero attached hydrogens (tertiary/aromatic N) is 5. The monoisotopic (exact) mass is 440 g/mol. The van der Waals surface area contributed by atoms with Crippen molar-refractivity contribution >= 4 is 52.1 Å². The maximum Gasteiger partial charge on any atom is 0.192 e. The van der Waals surface area contributed by atoms with Crippen molar-refractivity contribution in [3.63, 3.8) is 0 Å². The molecule has 0 radical (unpaired) electrons. The van der Waals surface area contributed by atoms with E-state index in [4.69, 9.17) is 28.9 Å². The Morgan fingerprint density at radius 1 is 1.27 bits per heavy atom. The summed E-state index contributed by atoms with van der Waals surface area (Å²) in [4.78, 5) is 9.06. The first kappa shape index (κ1) is 20.6. The number of hydrogen-bond donors (Lipinski definition) is 1. The highest BCUT2D eigenvalue weighted by molar-refractivity contribution is 7.80. The number of anilines is 2. The summed E-state index contributed by atoms with van der Waals surface area (Å²) in [5.74, 6) is 0. The van der Waals surface area contributed by atoms with Crippen LogP contribution in [-0.4, -0.2) is 65.5 Å². The Hall–Kier alpha value is -2.64. The minimum absolute atomic E-state index is 0.614. The van der Waals surface area contributed by atoms with Crippen LogP contribution >= 0.6 is 23.8 Å². The molecule has 156 valence electrons. The molecule has 4 rings (SSSR count). The average Bonchev–Trinajstić information content (AvgIpc) is 2.78. The van der Waals surface area contributed by atoms with Crippen LogP contribution in [0.5, 0.6) is 0 Å². The van der Waals surface area contributed by atoms with Crippen molar-refractivity contribution in [3.8, 4) is 0 Å². The molecule has 1 N–H and O–H groups in total. The summed E-state index contributed by atoms with van der Waals surface area (Å²) in [7, 11) is 1.91. The van der Waals surface area contributed by atoms with Crippen molar-refractivity contribution in [2.75, 3.05) is 50.0 Å². The number of hydrogen-bond acceptors (Lipinski definition) is 5. The van der Waals surface area contributed by atoms with E-state index in [0.717, 1.165) is 66.9 Å². The molecule has 6 nitrogen and oxygen atoms in total. The van der Waals surface area contributed by atoms with Gasteiger partial charge in [-0.2, -0.15) is 5.10 Å². The second kappa shape index (κ2) is 9.02. The lowest BCUT2D eigenvalue weighted by Crippen LogP contribution is -2.51. The molecule has 30 heavy (non-hydrogen) atoms. The van der Waals surface area contributed by atoms with Crippen LogP contribution in [-0.2, 0) is 0 Å². The molecule has 1 fully saturated rings. The van der Waals surface area contributed by atoms with Gasteiger partial charge in [-0.05, 0) is 36.0 Å². The zero-order chi connectivity index (χ0) is 21.1. The van der Waals surface area contributed by atoms with Crippen LogP contribution in [0.3, 0.4) is 0 Å². The highest BCUT2D eigenvalue weighted by Crippen LogP contribution is 2.24. The molecule has 0 atom stereocenters. The standard InChI is InChI=1S/C22H25ClN6S/c1-3-16-4-6-18(7-5-16)28-10-12-29(13-11-28)22(30)27(2)26-19-8-9-24-20-14-17(23)15-25-21(19)20/h3-7,14-15,24H,1,8-13H2,2H3/b26-19-. The highest BCUT2D eigenvalue weighted by atomic mass is 35.5. The lowest BCUT2D eigenvalue weighted by Gasteiger charge is -2.38. The molecule has 0 aliphatic carbocycles. The van der Waals surface area contributed by atoms with Gasteiger partial charge in [0.15, 0.2) is 5.11 Å². The van der Waals surface area contributed by atoms with E-state index in [1.54, 1.807) is 11.2 Å². The Morgan fingerprint density at radius 3 is 2.70 bits per heavy atom. The molecule has 1 aromatic heterocycles. The quantitative estimate of drug-likeness (QED) is 0.576. The van der Waals surface area contributed by atoms with E-state index in [9.17, 15) is 0 Å². The number of halogens is 1. The molecule has 1 saturated heterocycles. The van der Waals surface area contributed by atoms with Crippen LogP contribution in [0, 0.1) is 0 Å². The van der Waals surface area contributed by atoms with Gasteiger partial charge in [0.2, 0.25) is 0 Å². The number of rotatable bonds is 3. The molecule has 3 heterocycles. The van der Waals surface area contributed by atoms with Gasteiger partial charge < -0.3 is 15.1 Å². The number of aromatic nitrogens is 1. The first-order chi connectivity index (χ1) is 14.5. The van der Waals surface area contributed by atoms with E-state index in [0.29, 0.717) is 5.02 Å². The van der Waals surface area contributed by atoms with Gasteiger partial charge in [-0.25, -0.2) is 5.01 Å². The van der Waals surface area contributed by atoms with Crippen LogP contribution < -0.4 is 10.2 Å². The summed E-state index contributed by atoms with van der Waals surface area (Å²) in [6.07, 6.45) is 4.31. The number of hydrazone groups is 1. The zero-order valence-corrected chi connectivity index (χ0v) is 18.6. The van der Waals surface area contributed by atoms with Gasteiger partial charge >= 0.3 is 0 Å². The summed E-state index contributed by atoms with van der Waals surface area (Å²) in [5, 5.41) is 11.2. The largest absolute Gasteiger partial charge is 0.383 e. The second-order valence-electron chi connectivity index (χ2n) is 7.35. The van der Waals surface area contributed by atoms with E-state index < -0.39 is 0 Å². The van der Waals surface area contributed by atoms with Crippen LogP contribution in [0.25, 0.3) is 6.08 Å². The van der Waals surface area contributed by atoms with Gasteiger partial charge in [-0.3, -0.25) is 4.98 Å². The maximum atomic E-state index is 6.06. The summed E-state index contributed by atoms with van der Waals surface area (Å²) < 4.78 is 0. The van der Waals surface area contributed by atoms with Crippen molar-refractivity contribution in [2.45, 2.75) is 6.42 Å². The lowest BCUT2D eigenvalue weighted by molar-refractivity contribution is 0.341. The van der Waals surface area contributed by atoms with Gasteiger partial charge in [0.1, 0.15) is 5.69 Å². The predicted octanol–water partition coefficient (Wildman–Crippen LogP) is 3.94. The molecule has 0 unspecified atom stereocenters. The normalized spacial score (nSPS) is 17.3. The van der Waals surface area contributed by atoms with Crippen molar-refractivity contribution in [1.29, 1.82) is 0 Å². The first-order valence-electron chi connectivity index (χ1n) is 10.0. The van der Waals surface area contributed by atoms with Crippen molar-refractivity contribution in [3.05, 3.63) is 59.4 Å². The summed E-state index contributed by atoms with van der Waals surface area (Å²) in [5.41, 5.74) is 5.05. The minimum atomic E-state index is 0.614. The molecule has 0 amide bonds. The van der Waals surface area contributed by atoms with Gasteiger partial charge in [0, 0.05) is 58.1 Å². The van der Waals surface area contributed by atoms with Crippen molar-refractivity contribution < 1.29 is 0 Å². The third-order valence-corrected chi connectivity index (χ3v) is 6.13. The third kappa shape index (κ3) is 4.42. The van der Waals surface area contributed by atoms with Crippen LogP contribution in [0.1, 0.15) is 17.7 Å². The zero-order valence-electron chi connectivity index (χ0n) is 17.0. The van der Waals surface area contributed by atoms with E-state index in [-0.39, 0.29) is 0 Å². The molecular formula is C22H25ClN6S. The number of nitrogens with one attached hydrogen (secondary N) is 1. The molecule has 1 aromatic carbocycles. The third-order valence-electron chi connectivity index (χ3n) is 5.40. The Balaban J connectivity index is 1.40. The van der Waals surface area contributed by atoms with Gasteiger partial charge in [0.05, 0.1) is 16.4 Å². The van der Waals surface area contributed by atoms with Crippen LogP contribution in [0.4, 0.5) is 11.4 Å². The smallest absolute Gasteiger partial charge is 0.192 e. The van der Waals surface area contributed by atoms with Gasteiger partial charge in [0.25, 0.3) is 0 Å². The topological polar surface area (TPSA) is 47.0 Å². The SMILES string of the molecule is C=Cc1ccc(N2CCN(C(=S)N(C)/N=C3/CCNc4cc(Cl)cnc43)CC2)cc1. The fourth-order valence-corrected chi connectivity index (χ4v) is 4.12. The molecular weight excluding hydrogens is 416 g/mol. The van der Waals surface area contributed by atoms with Crippen molar-refractivity contribution in [1.82, 2.24) is 14.9 Å². The predicted molar refractivity (Wildman–Crippen MR) is 130 cm³/mol. The van der Waals surface area contributed by atoms with E-state index in [1.165, 1.54) is 5.69 Å². The van der Waals surface area contributed by atoms with E-state index in [2.05, 4.69) is 50.9 Å². The fraction of sp³-hybridized carbons (Fsp3) is 0.318. The van der Waals surface area contributed by atoms with E-state index >= 15 is 0 Å². The second-order valence-corrected chi connectivity index (χ2v) is 8.15. The molecule has 8 heteroatoms. The van der Waals surface area contributed by atoms with Crippen molar-refractivity contribution in [2.24, 2.45) is 5.10 Å². The van der Waals surface area contributed by atoms with Crippen LogP contribution in [0.2, 0.25) is 5.02 Å². The Labute approximate surface area is 187 Å². The molecule has 2 aliphatic heterocycles. The Bertz CT molecular complexity index is 966. The first-order valence-corrected chi connectivity index (χ1v) is 10.8. The van der Waals surface area contributed by atoms with Gasteiger partial charge in [-0.1, -0.05) is 36.4 Å². The number of fused-ring (bicyclic) bond motifs is 1. The Morgan fingerprint density at radius 2 is 2.00 bits per heavy atom. The molecule has 2 aromatic rings. The Kier molecular flexibility index (Phi) is 6.20. The van der Waals surface area contributed by atoms with Gasteiger partial charge in [-0.15, -0.1) is 0 Å². The maximum absolute atomic E-state index is 6.06. The molecule has 2 aliphatic rings. The molecule has 0 spiro atoms. The number of benzene rings is 1. The molecule has 0 saturated carbocycles. The number of piperazine rings is 1. The summed E-state index contributed by atoms with van der Waals surface area (Å²) in [6, 6.07) is 10.4. The molecule has 0 bridgehead atoms. The summed E-state index contributed by atoms with van der Waals surface area (Å²) in [6.45, 7) is 8.19. The average molecular weight is 441 g/mol. The lowest BCUT2D eigenvalue weighted by atomic mass is 10.1. The minimum Gasteiger partial charge on any atom is -0.383 e. The van der Waals surface area contributed by atoms with E-state index in [1.807, 2.05) is 19.2 Å². The fourth-order valence-electron chi connectivity index (χ4n) is 3.74. The summed E-state index contributed by atoms with van der Waals surface area (Å²) >= 11 is 11.8. The number of thiocarbonyl (C=S) groups is 1. The number of pyridine rings is 1. The van der Waals surface area contributed by atoms with Crippen LogP contribution in [0.15, 0.2) is 48.2 Å².